The molecule has 0 bridgehead atoms. The molecule has 0 unspecified atom stereocenters. The lowest BCUT2D eigenvalue weighted by atomic mass is 10.1. The second-order valence-corrected chi connectivity index (χ2v) is 6.34. The van der Waals surface area contributed by atoms with Crippen molar-refractivity contribution in [3.05, 3.63) is 54.2 Å². The van der Waals surface area contributed by atoms with Crippen LogP contribution in [0, 0.1) is 0 Å². The lowest BCUT2D eigenvalue weighted by Gasteiger charge is -2.22. The van der Waals surface area contributed by atoms with E-state index in [2.05, 4.69) is 21.3 Å². The summed E-state index contributed by atoms with van der Waals surface area (Å²) < 4.78 is 0. The van der Waals surface area contributed by atoms with Gasteiger partial charge in [0.1, 0.15) is 5.82 Å². The zero-order valence-electron chi connectivity index (χ0n) is 14.1. The highest BCUT2D eigenvalue weighted by molar-refractivity contribution is 5.89. The molecule has 0 atom stereocenters. The summed E-state index contributed by atoms with van der Waals surface area (Å²) in [7, 11) is 0. The number of rotatable bonds is 5. The summed E-state index contributed by atoms with van der Waals surface area (Å²) in [5, 5.41) is 2.89. The van der Waals surface area contributed by atoms with Crippen LogP contribution in [0.3, 0.4) is 0 Å². The third-order valence-corrected chi connectivity index (χ3v) is 4.47. The van der Waals surface area contributed by atoms with Gasteiger partial charge in [0.15, 0.2) is 0 Å². The maximum atomic E-state index is 12.1. The third kappa shape index (κ3) is 4.82. The first kappa shape index (κ1) is 16.5. The number of amides is 1. The van der Waals surface area contributed by atoms with Crippen molar-refractivity contribution in [1.29, 1.82) is 0 Å². The van der Waals surface area contributed by atoms with Gasteiger partial charge in [-0.05, 0) is 37.0 Å². The molecule has 1 N–H and O–H groups in total. The molecule has 4 heteroatoms. The lowest BCUT2D eigenvalue weighted by Crippen LogP contribution is -2.24. The first-order valence-corrected chi connectivity index (χ1v) is 8.86. The average molecular weight is 323 g/mol. The molecule has 1 saturated heterocycles. The molecule has 0 radical (unpaired) electrons. The minimum atomic E-state index is 0.00822. The van der Waals surface area contributed by atoms with Crippen LogP contribution in [-0.4, -0.2) is 24.0 Å². The van der Waals surface area contributed by atoms with Crippen LogP contribution in [0.5, 0.6) is 0 Å². The molecule has 126 valence electrons. The van der Waals surface area contributed by atoms with Crippen LogP contribution in [0.1, 0.15) is 37.7 Å². The number of carbonyl (C=O) groups excluding carboxylic acids is 1. The van der Waals surface area contributed by atoms with Gasteiger partial charge in [0.25, 0.3) is 0 Å². The number of anilines is 2. The number of nitrogens with one attached hydrogen (secondary N) is 1. The van der Waals surface area contributed by atoms with E-state index in [1.165, 1.54) is 31.2 Å². The summed E-state index contributed by atoms with van der Waals surface area (Å²) >= 11 is 0. The van der Waals surface area contributed by atoms with Gasteiger partial charge < -0.3 is 10.2 Å². The maximum absolute atomic E-state index is 12.1. The van der Waals surface area contributed by atoms with Crippen LogP contribution in [0.2, 0.25) is 0 Å². The first-order chi connectivity index (χ1) is 11.8. The average Bonchev–Trinajstić information content (AvgIpc) is 2.91. The molecular formula is C20H25N3O. The molecule has 1 amide bonds. The number of carbonyl (C=O) groups is 1. The Morgan fingerprint density at radius 3 is 2.42 bits per heavy atom. The van der Waals surface area contributed by atoms with Crippen molar-refractivity contribution < 1.29 is 4.79 Å². The van der Waals surface area contributed by atoms with Gasteiger partial charge in [-0.15, -0.1) is 0 Å². The van der Waals surface area contributed by atoms with Crippen LogP contribution in [0.15, 0.2) is 48.7 Å². The lowest BCUT2D eigenvalue weighted by molar-refractivity contribution is -0.116. The fourth-order valence-electron chi connectivity index (χ4n) is 3.08. The van der Waals surface area contributed by atoms with Crippen molar-refractivity contribution in [2.24, 2.45) is 0 Å². The molecule has 2 aromatic rings. The fourth-order valence-corrected chi connectivity index (χ4v) is 3.08. The van der Waals surface area contributed by atoms with Gasteiger partial charge in [0, 0.05) is 19.5 Å². The molecule has 1 aliphatic heterocycles. The Morgan fingerprint density at radius 2 is 1.75 bits per heavy atom. The number of hydrogen-bond donors (Lipinski definition) is 1. The second kappa shape index (κ2) is 8.48. The predicted molar refractivity (Wildman–Crippen MR) is 98.3 cm³/mol. The molecule has 0 saturated carbocycles. The number of benzene rings is 1. The van der Waals surface area contributed by atoms with Gasteiger partial charge in [-0.1, -0.05) is 43.2 Å². The van der Waals surface area contributed by atoms with Crippen molar-refractivity contribution >= 4 is 17.4 Å². The third-order valence-electron chi connectivity index (χ3n) is 4.47. The molecule has 4 nitrogen and oxygen atoms in total. The van der Waals surface area contributed by atoms with Gasteiger partial charge in [0.05, 0.1) is 11.9 Å². The Labute approximate surface area is 143 Å². The van der Waals surface area contributed by atoms with Gasteiger partial charge >= 0.3 is 0 Å². The maximum Gasteiger partial charge on any atom is 0.225 e. The Balaban J connectivity index is 1.51. The summed E-state index contributed by atoms with van der Waals surface area (Å²) in [6.07, 6.45) is 8.23. The van der Waals surface area contributed by atoms with E-state index < -0.39 is 0 Å². The molecule has 24 heavy (non-hydrogen) atoms. The zero-order valence-corrected chi connectivity index (χ0v) is 14.1. The first-order valence-electron chi connectivity index (χ1n) is 8.86. The highest BCUT2D eigenvalue weighted by Gasteiger charge is 2.10. The van der Waals surface area contributed by atoms with Crippen molar-refractivity contribution in [3.63, 3.8) is 0 Å². The Kier molecular flexibility index (Phi) is 5.83. The number of aromatic nitrogens is 1. The molecule has 1 fully saturated rings. The topological polar surface area (TPSA) is 45.2 Å². The largest absolute Gasteiger partial charge is 0.370 e. The van der Waals surface area contributed by atoms with E-state index in [1.54, 1.807) is 0 Å². The molecule has 1 aromatic heterocycles. The standard InChI is InChI=1S/C20H25N3O/c24-20(13-10-17-8-4-3-5-9-17)22-19-12-11-18(16-21-19)23-14-6-1-2-7-15-23/h3-5,8-9,11-12,16H,1-2,6-7,10,13-15H2,(H,21,22,24). The number of pyridine rings is 1. The Bertz CT molecular complexity index is 632. The highest BCUT2D eigenvalue weighted by Crippen LogP contribution is 2.19. The summed E-state index contributed by atoms with van der Waals surface area (Å²) in [4.78, 5) is 18.9. The monoisotopic (exact) mass is 323 g/mol. The van der Waals surface area contributed by atoms with Crippen molar-refractivity contribution in [3.8, 4) is 0 Å². The molecule has 3 rings (SSSR count). The minimum Gasteiger partial charge on any atom is -0.370 e. The molecule has 1 aliphatic rings. The number of nitrogens with zero attached hydrogens (tertiary/aromatic N) is 2. The quantitative estimate of drug-likeness (QED) is 0.903. The summed E-state index contributed by atoms with van der Waals surface area (Å²) in [5.41, 5.74) is 2.33. The summed E-state index contributed by atoms with van der Waals surface area (Å²) in [6, 6.07) is 14.0. The van der Waals surface area contributed by atoms with Crippen LogP contribution in [0.25, 0.3) is 0 Å². The normalized spacial score (nSPS) is 14.9. The van der Waals surface area contributed by atoms with Gasteiger partial charge in [0.2, 0.25) is 5.91 Å². The summed E-state index contributed by atoms with van der Waals surface area (Å²) in [6.45, 7) is 2.20. The molecular weight excluding hydrogens is 298 g/mol. The predicted octanol–water partition coefficient (Wildman–Crippen LogP) is 4.03. The van der Waals surface area contributed by atoms with Crippen LogP contribution >= 0.6 is 0 Å². The van der Waals surface area contributed by atoms with E-state index in [1.807, 2.05) is 42.6 Å². The van der Waals surface area contributed by atoms with Crippen LogP contribution < -0.4 is 10.2 Å². The zero-order chi connectivity index (χ0) is 16.6. The van der Waals surface area contributed by atoms with Gasteiger partial charge in [-0.25, -0.2) is 4.98 Å². The van der Waals surface area contributed by atoms with E-state index in [9.17, 15) is 4.79 Å². The highest BCUT2D eigenvalue weighted by atomic mass is 16.1. The second-order valence-electron chi connectivity index (χ2n) is 6.34. The van der Waals surface area contributed by atoms with Gasteiger partial charge in [-0.2, -0.15) is 0 Å². The van der Waals surface area contributed by atoms with Crippen molar-refractivity contribution in [2.45, 2.75) is 38.5 Å². The smallest absolute Gasteiger partial charge is 0.225 e. The summed E-state index contributed by atoms with van der Waals surface area (Å²) in [5.74, 6) is 0.639. The van der Waals surface area contributed by atoms with Crippen molar-refractivity contribution in [1.82, 2.24) is 4.98 Å². The molecule has 0 spiro atoms. The fraction of sp³-hybridized carbons (Fsp3) is 0.400. The van der Waals surface area contributed by atoms with Crippen LogP contribution in [0.4, 0.5) is 11.5 Å². The number of aryl methyl sites for hydroxylation is 1. The Morgan fingerprint density at radius 1 is 1.00 bits per heavy atom. The van der Waals surface area contributed by atoms with E-state index in [4.69, 9.17) is 0 Å². The Hall–Kier alpha value is -2.36. The van der Waals surface area contributed by atoms with Crippen molar-refractivity contribution in [2.75, 3.05) is 23.3 Å². The van der Waals surface area contributed by atoms with Crippen LogP contribution in [-0.2, 0) is 11.2 Å². The van der Waals surface area contributed by atoms with E-state index >= 15 is 0 Å². The molecule has 2 heterocycles. The minimum absolute atomic E-state index is 0.00822. The number of hydrogen-bond acceptors (Lipinski definition) is 3. The SMILES string of the molecule is O=C(CCc1ccccc1)Nc1ccc(N2CCCCCC2)cn1. The van der Waals surface area contributed by atoms with E-state index in [0.717, 1.165) is 25.2 Å². The van der Waals surface area contributed by atoms with Gasteiger partial charge in [-0.3, -0.25) is 4.79 Å². The molecule has 0 aliphatic carbocycles. The van der Waals surface area contributed by atoms with E-state index in [0.29, 0.717) is 12.2 Å². The molecule has 1 aromatic carbocycles. The van der Waals surface area contributed by atoms with E-state index in [-0.39, 0.29) is 5.91 Å².